The van der Waals surface area contributed by atoms with Gasteiger partial charge >= 0.3 is 5.97 Å². The zero-order valence-electron chi connectivity index (χ0n) is 9.75. The summed E-state index contributed by atoms with van der Waals surface area (Å²) < 4.78 is 5.71. The number of rotatable bonds is 7. The molecule has 86 valence electrons. The molecule has 0 saturated heterocycles. The van der Waals surface area contributed by atoms with Crippen molar-refractivity contribution in [2.24, 2.45) is 0 Å². The molecule has 0 amide bonds. The zero-order valence-corrected chi connectivity index (χ0v) is 9.75. The fourth-order valence-corrected chi connectivity index (χ4v) is 0.984. The van der Waals surface area contributed by atoms with Crippen LogP contribution in [0.3, 0.4) is 0 Å². The second-order valence-electron chi connectivity index (χ2n) is 4.26. The van der Waals surface area contributed by atoms with Crippen LogP contribution in [0.1, 0.15) is 6.92 Å². The molecule has 0 aromatic rings. The van der Waals surface area contributed by atoms with E-state index in [2.05, 4.69) is 13.2 Å². The van der Waals surface area contributed by atoms with Gasteiger partial charge in [0.25, 0.3) is 0 Å². The third-order valence-corrected chi connectivity index (χ3v) is 2.01. The lowest BCUT2D eigenvalue weighted by atomic mass is 10.3. The lowest BCUT2D eigenvalue weighted by molar-refractivity contribution is -0.883. The third kappa shape index (κ3) is 6.74. The van der Waals surface area contributed by atoms with Crippen molar-refractivity contribution in [3.8, 4) is 0 Å². The molecule has 0 spiro atoms. The number of hydrogen-bond donors (Lipinski definition) is 1. The SMILES string of the molecule is C=C(C)C(=C)OCC[N+](C)(C)CC(=O)O. The fourth-order valence-electron chi connectivity index (χ4n) is 0.984. The lowest BCUT2D eigenvalue weighted by Crippen LogP contribution is -2.45. The van der Waals surface area contributed by atoms with Gasteiger partial charge in [0, 0.05) is 0 Å². The Balaban J connectivity index is 3.89. The largest absolute Gasteiger partial charge is 0.488 e. The van der Waals surface area contributed by atoms with E-state index >= 15 is 0 Å². The summed E-state index contributed by atoms with van der Waals surface area (Å²) in [6.07, 6.45) is 0. The Hall–Kier alpha value is -1.29. The molecule has 4 nitrogen and oxygen atoms in total. The monoisotopic (exact) mass is 214 g/mol. The number of carbonyl (C=O) groups is 1. The van der Waals surface area contributed by atoms with E-state index in [-0.39, 0.29) is 6.54 Å². The number of carboxylic acids is 1. The van der Waals surface area contributed by atoms with Crippen LogP contribution in [0, 0.1) is 0 Å². The van der Waals surface area contributed by atoms with Gasteiger partial charge in [-0.15, -0.1) is 0 Å². The summed E-state index contributed by atoms with van der Waals surface area (Å²) in [5.41, 5.74) is 0.790. The average Bonchev–Trinajstić information content (AvgIpc) is 2.00. The molecule has 0 aliphatic rings. The Morgan fingerprint density at radius 2 is 1.93 bits per heavy atom. The molecule has 0 aromatic heterocycles. The highest BCUT2D eigenvalue weighted by atomic mass is 16.5. The summed E-state index contributed by atoms with van der Waals surface area (Å²) in [5, 5.41) is 8.66. The third-order valence-electron chi connectivity index (χ3n) is 2.01. The van der Waals surface area contributed by atoms with Crippen LogP contribution in [0.2, 0.25) is 0 Å². The summed E-state index contributed by atoms with van der Waals surface area (Å²) in [5.74, 6) is -0.246. The number of nitrogens with zero attached hydrogens (tertiary/aromatic N) is 1. The predicted octanol–water partition coefficient (Wildman–Crippen LogP) is 1.25. The quantitative estimate of drug-likeness (QED) is 0.394. The molecule has 0 aliphatic carbocycles. The maximum absolute atomic E-state index is 10.5. The first-order valence-electron chi connectivity index (χ1n) is 4.76. The van der Waals surface area contributed by atoms with Gasteiger partial charge in [0.1, 0.15) is 18.9 Å². The number of allylic oxidation sites excluding steroid dienone is 1. The first-order chi connectivity index (χ1) is 6.74. The van der Waals surface area contributed by atoms with E-state index in [4.69, 9.17) is 9.84 Å². The molecule has 0 atom stereocenters. The van der Waals surface area contributed by atoms with Gasteiger partial charge in [-0.2, -0.15) is 0 Å². The summed E-state index contributed by atoms with van der Waals surface area (Å²) in [6, 6.07) is 0. The first kappa shape index (κ1) is 13.7. The molecule has 0 fully saturated rings. The highest BCUT2D eigenvalue weighted by molar-refractivity contribution is 5.67. The van der Waals surface area contributed by atoms with Crippen molar-refractivity contribution in [3.05, 3.63) is 24.5 Å². The molecule has 4 heteroatoms. The van der Waals surface area contributed by atoms with Gasteiger partial charge in [-0.05, 0) is 12.5 Å². The van der Waals surface area contributed by atoms with Gasteiger partial charge in [-0.25, -0.2) is 4.79 Å². The average molecular weight is 214 g/mol. The summed E-state index contributed by atoms with van der Waals surface area (Å²) in [7, 11) is 3.70. The molecule has 0 aliphatic heterocycles. The summed E-state index contributed by atoms with van der Waals surface area (Å²) >= 11 is 0. The van der Waals surface area contributed by atoms with E-state index < -0.39 is 5.97 Å². The second kappa shape index (κ2) is 5.56. The molecule has 0 aromatic carbocycles. The molecule has 0 saturated carbocycles. The van der Waals surface area contributed by atoms with E-state index in [1.54, 1.807) is 0 Å². The Bertz CT molecular complexity index is 269. The minimum absolute atomic E-state index is 0.0862. The van der Waals surface area contributed by atoms with Crippen LogP contribution >= 0.6 is 0 Å². The molecule has 0 bridgehead atoms. The second-order valence-corrected chi connectivity index (χ2v) is 4.26. The maximum atomic E-state index is 10.5. The van der Waals surface area contributed by atoms with E-state index in [9.17, 15) is 4.79 Å². The van der Waals surface area contributed by atoms with Crippen LogP contribution in [-0.2, 0) is 9.53 Å². The van der Waals surface area contributed by atoms with Crippen molar-refractivity contribution in [2.75, 3.05) is 33.8 Å². The van der Waals surface area contributed by atoms with Gasteiger partial charge in [0.2, 0.25) is 0 Å². The van der Waals surface area contributed by atoms with Crippen LogP contribution in [0.15, 0.2) is 24.5 Å². The van der Waals surface area contributed by atoms with Crippen LogP contribution in [0.4, 0.5) is 0 Å². The van der Waals surface area contributed by atoms with Crippen LogP contribution in [-0.4, -0.2) is 49.4 Å². The Morgan fingerprint density at radius 1 is 1.40 bits per heavy atom. The van der Waals surface area contributed by atoms with Gasteiger partial charge in [0.05, 0.1) is 14.1 Å². The van der Waals surface area contributed by atoms with Crippen LogP contribution in [0.5, 0.6) is 0 Å². The topological polar surface area (TPSA) is 46.5 Å². The van der Waals surface area contributed by atoms with Gasteiger partial charge in [0.15, 0.2) is 6.54 Å². The van der Waals surface area contributed by atoms with Crippen LogP contribution < -0.4 is 0 Å². The highest BCUT2D eigenvalue weighted by Crippen LogP contribution is 2.06. The predicted molar refractivity (Wildman–Crippen MR) is 59.4 cm³/mol. The van der Waals surface area contributed by atoms with Gasteiger partial charge < -0.3 is 14.3 Å². The fraction of sp³-hybridized carbons (Fsp3) is 0.545. The van der Waals surface area contributed by atoms with E-state index in [1.807, 2.05) is 21.0 Å². The Morgan fingerprint density at radius 3 is 2.33 bits per heavy atom. The number of quaternary nitrogens is 1. The standard InChI is InChI=1S/C11H19NO3/c1-9(2)10(3)15-7-6-12(4,5)8-11(13)14/h1,3,6-8H2,2,4-5H3/p+1. The summed E-state index contributed by atoms with van der Waals surface area (Å²) in [6.45, 7) is 10.4. The van der Waals surface area contributed by atoms with Crippen molar-refractivity contribution in [3.63, 3.8) is 0 Å². The molecular weight excluding hydrogens is 194 g/mol. The van der Waals surface area contributed by atoms with Crippen molar-refractivity contribution in [2.45, 2.75) is 6.92 Å². The molecule has 0 unspecified atom stereocenters. The van der Waals surface area contributed by atoms with Crippen molar-refractivity contribution in [1.82, 2.24) is 0 Å². The van der Waals surface area contributed by atoms with Gasteiger partial charge in [-0.1, -0.05) is 13.2 Å². The molecular formula is C11H20NO3+. The number of hydrogen-bond acceptors (Lipinski definition) is 2. The van der Waals surface area contributed by atoms with E-state index in [0.29, 0.717) is 23.4 Å². The van der Waals surface area contributed by atoms with Crippen LogP contribution in [0.25, 0.3) is 0 Å². The smallest absolute Gasteiger partial charge is 0.359 e. The van der Waals surface area contributed by atoms with E-state index in [1.165, 1.54) is 0 Å². The highest BCUT2D eigenvalue weighted by Gasteiger charge is 2.19. The Kier molecular flexibility index (Phi) is 5.08. The normalized spacial score (nSPS) is 10.9. The van der Waals surface area contributed by atoms with Crippen molar-refractivity contribution < 1.29 is 19.1 Å². The summed E-state index contributed by atoms with van der Waals surface area (Å²) in [4.78, 5) is 10.5. The number of likely N-dealkylation sites (N-methyl/N-ethyl adjacent to an activating group) is 1. The minimum Gasteiger partial charge on any atom is -0.488 e. The lowest BCUT2D eigenvalue weighted by Gasteiger charge is -2.27. The van der Waals surface area contributed by atoms with Crippen molar-refractivity contribution in [1.29, 1.82) is 0 Å². The first-order valence-corrected chi connectivity index (χ1v) is 4.76. The Labute approximate surface area is 91.0 Å². The van der Waals surface area contributed by atoms with E-state index in [0.717, 1.165) is 5.57 Å². The maximum Gasteiger partial charge on any atom is 0.359 e. The molecule has 1 N–H and O–H groups in total. The minimum atomic E-state index is -0.807. The molecule has 0 heterocycles. The van der Waals surface area contributed by atoms with Crippen molar-refractivity contribution >= 4 is 5.97 Å². The number of carboxylic acid groups (broad SMARTS) is 1. The molecule has 15 heavy (non-hydrogen) atoms. The van der Waals surface area contributed by atoms with Gasteiger partial charge in [-0.3, -0.25) is 0 Å². The molecule has 0 radical (unpaired) electrons. The molecule has 0 rings (SSSR count). The zero-order chi connectivity index (χ0) is 12.1. The number of aliphatic carboxylic acids is 1. The number of ether oxygens (including phenoxy) is 1.